The van der Waals surface area contributed by atoms with Gasteiger partial charge in [-0.05, 0) is 37.5 Å². The molecule has 2 aliphatic rings. The number of Topliss-reactive ketones (excluding diaryl/α,β-unsaturated/α-hetero) is 1. The molecule has 1 unspecified atom stereocenters. The van der Waals surface area contributed by atoms with Gasteiger partial charge in [-0.2, -0.15) is 13.2 Å². The van der Waals surface area contributed by atoms with Crippen LogP contribution in [-0.2, 0) is 15.8 Å². The van der Waals surface area contributed by atoms with Gasteiger partial charge in [0.15, 0.2) is 5.78 Å². The molecule has 3 atom stereocenters. The lowest BCUT2D eigenvalue weighted by Crippen LogP contribution is -2.61. The highest BCUT2D eigenvalue weighted by Gasteiger charge is 2.51. The first-order chi connectivity index (χ1) is 15.9. The van der Waals surface area contributed by atoms with E-state index >= 15 is 0 Å². The number of amides is 1. The molecular weight excluding hydrogens is 447 g/mol. The minimum atomic E-state index is -4.52. The van der Waals surface area contributed by atoms with Gasteiger partial charge in [-0.1, -0.05) is 43.2 Å². The van der Waals surface area contributed by atoms with Crippen molar-refractivity contribution in [3.8, 4) is 0 Å². The minimum Gasteiger partial charge on any atom is -0.393 e. The number of nitrogens with two attached hydrogens (primary N) is 1. The number of alkyl halides is 3. The molecule has 1 aliphatic carbocycles. The first-order valence-corrected chi connectivity index (χ1v) is 11.1. The summed E-state index contributed by atoms with van der Waals surface area (Å²) in [6.07, 6.45) is -3.29. The Morgan fingerprint density at radius 3 is 2.38 bits per heavy atom. The number of aliphatic hydroxyl groups is 1. The quantitative estimate of drug-likeness (QED) is 0.628. The summed E-state index contributed by atoms with van der Waals surface area (Å²) in [6.45, 7) is 1.48. The van der Waals surface area contributed by atoms with Crippen molar-refractivity contribution in [2.75, 3.05) is 11.9 Å². The van der Waals surface area contributed by atoms with E-state index in [9.17, 15) is 27.9 Å². The first kappa shape index (κ1) is 24.1. The van der Waals surface area contributed by atoms with Crippen molar-refractivity contribution in [3.05, 3.63) is 65.2 Å². The average Bonchev–Trinajstić information content (AvgIpc) is 3.63. The second kappa shape index (κ2) is 8.63. The van der Waals surface area contributed by atoms with Gasteiger partial charge in [0, 0.05) is 24.1 Å². The fourth-order valence-corrected chi connectivity index (χ4v) is 4.33. The molecule has 0 saturated heterocycles. The predicted molar refractivity (Wildman–Crippen MR) is 121 cm³/mol. The zero-order chi connectivity index (χ0) is 24.8. The summed E-state index contributed by atoms with van der Waals surface area (Å²) in [5, 5.41) is 10.3. The largest absolute Gasteiger partial charge is 0.416 e. The van der Waals surface area contributed by atoms with Crippen molar-refractivity contribution >= 4 is 23.1 Å². The molecule has 9 heteroatoms. The number of ketones is 1. The maximum atomic E-state index is 13.7. The van der Waals surface area contributed by atoms with Gasteiger partial charge in [-0.3, -0.25) is 15.3 Å². The highest BCUT2D eigenvalue weighted by atomic mass is 19.4. The standard InChI is InChI=1S/C25H26F3N3O3/c1-14(32)19(13-15-7-8-15)22(33)24(29)23(34)31(2)20-6-4-3-5-18(20)21(30-24)16-9-11-17(12-10-16)25(26,27)28/h3-6,9-12,14-15,19,32H,7-8,13,29H2,1-2H3/t14-,19+,24?/m0/s1. The SMILES string of the molecule is C[C@H](O)[C@@H](CC1CC1)C(=O)C1(N)N=C(c2ccc(C(F)(F)F)cc2)c2ccccc2N(C)C1=O. The topological polar surface area (TPSA) is 96.0 Å². The Balaban J connectivity index is 1.87. The van der Waals surface area contributed by atoms with Crippen LogP contribution in [-0.4, -0.2) is 41.3 Å². The summed E-state index contributed by atoms with van der Waals surface area (Å²) < 4.78 is 39.3. The van der Waals surface area contributed by atoms with E-state index in [1.807, 2.05) is 0 Å². The van der Waals surface area contributed by atoms with Gasteiger partial charge in [0.25, 0.3) is 5.91 Å². The lowest BCUT2D eigenvalue weighted by Gasteiger charge is -2.31. The zero-order valence-electron chi connectivity index (χ0n) is 18.8. The number of carbonyl (C=O) groups excluding carboxylic acids is 2. The number of halogens is 3. The Labute approximate surface area is 195 Å². The van der Waals surface area contributed by atoms with Crippen molar-refractivity contribution in [3.63, 3.8) is 0 Å². The molecule has 1 amide bonds. The maximum absolute atomic E-state index is 13.7. The Morgan fingerprint density at radius 1 is 1.21 bits per heavy atom. The fraction of sp³-hybridized carbons (Fsp3) is 0.400. The van der Waals surface area contributed by atoms with Crippen LogP contribution in [0.25, 0.3) is 0 Å². The van der Waals surface area contributed by atoms with Crippen LogP contribution in [0.5, 0.6) is 0 Å². The monoisotopic (exact) mass is 473 g/mol. The number of para-hydroxylation sites is 1. The van der Waals surface area contributed by atoms with E-state index in [1.165, 1.54) is 31.0 Å². The van der Waals surface area contributed by atoms with Gasteiger partial charge in [0.1, 0.15) is 0 Å². The third-order valence-electron chi connectivity index (χ3n) is 6.50. The Kier molecular flexibility index (Phi) is 6.12. The third-order valence-corrected chi connectivity index (χ3v) is 6.50. The van der Waals surface area contributed by atoms with E-state index in [-0.39, 0.29) is 17.2 Å². The summed E-state index contributed by atoms with van der Waals surface area (Å²) in [7, 11) is 1.47. The van der Waals surface area contributed by atoms with Crippen LogP contribution in [0.15, 0.2) is 53.5 Å². The maximum Gasteiger partial charge on any atom is 0.416 e. The molecule has 0 aromatic heterocycles. The second-order valence-electron chi connectivity index (χ2n) is 9.07. The summed E-state index contributed by atoms with van der Waals surface area (Å²) in [5.41, 5.74) is 4.56. The third kappa shape index (κ3) is 4.37. The number of rotatable bonds is 6. The summed E-state index contributed by atoms with van der Waals surface area (Å²) >= 11 is 0. The van der Waals surface area contributed by atoms with E-state index < -0.39 is 41.1 Å². The molecule has 1 fully saturated rings. The van der Waals surface area contributed by atoms with Gasteiger partial charge < -0.3 is 10.0 Å². The number of hydrogen-bond acceptors (Lipinski definition) is 5. The number of nitrogens with zero attached hydrogens (tertiary/aromatic N) is 2. The molecule has 0 bridgehead atoms. The number of hydrogen-bond donors (Lipinski definition) is 2. The molecule has 0 spiro atoms. The van der Waals surface area contributed by atoms with Crippen molar-refractivity contribution in [1.29, 1.82) is 0 Å². The molecule has 4 rings (SSSR count). The van der Waals surface area contributed by atoms with Crippen molar-refractivity contribution in [1.82, 2.24) is 0 Å². The second-order valence-corrected chi connectivity index (χ2v) is 9.07. The van der Waals surface area contributed by atoms with Crippen LogP contribution < -0.4 is 10.6 Å². The van der Waals surface area contributed by atoms with Gasteiger partial charge in [0.05, 0.1) is 23.1 Å². The molecule has 180 valence electrons. The number of aliphatic hydroxyl groups excluding tert-OH is 1. The van der Waals surface area contributed by atoms with Crippen molar-refractivity contribution < 1.29 is 27.9 Å². The highest BCUT2D eigenvalue weighted by molar-refractivity contribution is 6.26. The van der Waals surface area contributed by atoms with Gasteiger partial charge in [-0.15, -0.1) is 0 Å². The number of anilines is 1. The number of likely N-dealkylation sites (N-methyl/N-ethyl adjacent to an activating group) is 1. The van der Waals surface area contributed by atoms with Gasteiger partial charge in [0.2, 0.25) is 5.66 Å². The number of benzene rings is 2. The Morgan fingerprint density at radius 2 is 1.82 bits per heavy atom. The normalized spacial score (nSPS) is 22.5. The van der Waals surface area contributed by atoms with Crippen LogP contribution in [0.3, 0.4) is 0 Å². The molecule has 2 aromatic carbocycles. The van der Waals surface area contributed by atoms with E-state index in [0.29, 0.717) is 17.7 Å². The number of carbonyl (C=O) groups is 2. The predicted octanol–water partition coefficient (Wildman–Crippen LogP) is 3.54. The van der Waals surface area contributed by atoms with Crippen LogP contribution in [0, 0.1) is 11.8 Å². The molecular formula is C25H26F3N3O3. The fourth-order valence-electron chi connectivity index (χ4n) is 4.33. The van der Waals surface area contributed by atoms with Crippen molar-refractivity contribution in [2.45, 2.75) is 44.1 Å². The molecule has 6 nitrogen and oxygen atoms in total. The molecule has 2 aromatic rings. The molecule has 1 aliphatic heterocycles. The van der Waals surface area contributed by atoms with E-state index in [4.69, 9.17) is 5.73 Å². The smallest absolute Gasteiger partial charge is 0.393 e. The number of aliphatic imine (C=N–C) groups is 1. The van der Waals surface area contributed by atoms with E-state index in [2.05, 4.69) is 4.99 Å². The Hall–Kier alpha value is -3.04. The minimum absolute atomic E-state index is 0.133. The van der Waals surface area contributed by atoms with Gasteiger partial charge >= 0.3 is 6.18 Å². The molecule has 34 heavy (non-hydrogen) atoms. The van der Waals surface area contributed by atoms with Crippen LogP contribution in [0.4, 0.5) is 18.9 Å². The average molecular weight is 473 g/mol. The molecule has 3 N–H and O–H groups in total. The van der Waals surface area contributed by atoms with Crippen LogP contribution >= 0.6 is 0 Å². The summed E-state index contributed by atoms with van der Waals surface area (Å²) in [4.78, 5) is 32.8. The van der Waals surface area contributed by atoms with Crippen LogP contribution in [0.1, 0.15) is 42.9 Å². The number of benzodiazepines with no additional fused rings is 1. The highest BCUT2D eigenvalue weighted by Crippen LogP contribution is 2.39. The van der Waals surface area contributed by atoms with E-state index in [0.717, 1.165) is 25.0 Å². The lowest BCUT2D eigenvalue weighted by molar-refractivity contribution is -0.139. The molecule has 1 heterocycles. The van der Waals surface area contributed by atoms with E-state index in [1.54, 1.807) is 24.3 Å². The first-order valence-electron chi connectivity index (χ1n) is 11.1. The van der Waals surface area contributed by atoms with Crippen LogP contribution in [0.2, 0.25) is 0 Å². The van der Waals surface area contributed by atoms with Crippen molar-refractivity contribution in [2.24, 2.45) is 22.6 Å². The molecule has 1 saturated carbocycles. The summed E-state index contributed by atoms with van der Waals surface area (Å²) in [5.74, 6) is -2.09. The Bertz CT molecular complexity index is 1140. The molecule has 0 radical (unpaired) electrons. The number of fused-ring (bicyclic) bond motifs is 1. The summed E-state index contributed by atoms with van der Waals surface area (Å²) in [6, 6.07) is 11.1. The van der Waals surface area contributed by atoms with Gasteiger partial charge in [-0.25, -0.2) is 4.99 Å². The zero-order valence-corrected chi connectivity index (χ0v) is 18.8. The lowest BCUT2D eigenvalue weighted by atomic mass is 9.85.